The Morgan fingerprint density at radius 1 is 1.32 bits per heavy atom. The van der Waals surface area contributed by atoms with E-state index in [4.69, 9.17) is 24.3 Å². The number of nitrogens with one attached hydrogen (secondary N) is 1. The van der Waals surface area contributed by atoms with Gasteiger partial charge in [0.15, 0.2) is 11.9 Å². The van der Waals surface area contributed by atoms with Crippen LogP contribution >= 0.6 is 7.75 Å². The van der Waals surface area contributed by atoms with Crippen molar-refractivity contribution >= 4 is 30.8 Å². The van der Waals surface area contributed by atoms with E-state index in [2.05, 4.69) is 31.9 Å². The summed E-state index contributed by atoms with van der Waals surface area (Å²) in [7, 11) is -4.31. The summed E-state index contributed by atoms with van der Waals surface area (Å²) in [5.74, 6) is 4.25. The average molecular weight is 577 g/mol. The lowest BCUT2D eigenvalue weighted by Gasteiger charge is -2.25. The van der Waals surface area contributed by atoms with Crippen LogP contribution in [0, 0.1) is 11.8 Å². The second kappa shape index (κ2) is 11.9. The number of nitrogens with zero attached hydrogens (tertiary/aromatic N) is 4. The number of imidazole rings is 1. The first kappa shape index (κ1) is 29.4. The number of alkyl halides is 1. The number of anilines is 1. The van der Waals surface area contributed by atoms with Crippen molar-refractivity contribution in [2.45, 2.75) is 63.9 Å². The number of benzene rings is 1. The normalized spacial score (nSPS) is 24.7. The first-order chi connectivity index (χ1) is 19.0. The van der Waals surface area contributed by atoms with Crippen LogP contribution in [0.25, 0.3) is 11.2 Å². The molecule has 2 unspecified atom stereocenters. The van der Waals surface area contributed by atoms with E-state index < -0.39 is 56.6 Å². The van der Waals surface area contributed by atoms with Gasteiger partial charge in [0, 0.05) is 0 Å². The molecule has 0 bridgehead atoms. The van der Waals surface area contributed by atoms with Crippen LogP contribution in [0.5, 0.6) is 5.75 Å². The van der Waals surface area contributed by atoms with Crippen molar-refractivity contribution in [3.8, 4) is 17.6 Å². The van der Waals surface area contributed by atoms with Gasteiger partial charge in [-0.25, -0.2) is 18.9 Å². The first-order valence-electron chi connectivity index (χ1n) is 12.3. The summed E-state index contributed by atoms with van der Waals surface area (Å²) in [5.41, 5.74) is 3.53. The van der Waals surface area contributed by atoms with Crippen LogP contribution in [0.4, 0.5) is 10.3 Å². The third-order valence-corrected chi connectivity index (χ3v) is 7.43. The van der Waals surface area contributed by atoms with Crippen LogP contribution < -0.4 is 15.3 Å². The highest BCUT2D eigenvalue weighted by Crippen LogP contribution is 2.48. The zero-order valence-corrected chi connectivity index (χ0v) is 23.1. The molecule has 4 rings (SSSR count). The predicted octanol–water partition coefficient (Wildman–Crippen LogP) is 2.53. The number of esters is 1. The molecular formula is C25H30FN6O7P. The van der Waals surface area contributed by atoms with E-state index in [1.54, 1.807) is 32.0 Å². The number of carbonyl (C=O) groups is 1. The highest BCUT2D eigenvalue weighted by molar-refractivity contribution is 7.52. The van der Waals surface area contributed by atoms with E-state index >= 15 is 4.39 Å². The topological polar surface area (TPSA) is 173 Å². The molecule has 1 aromatic carbocycles. The molecule has 0 radical (unpaired) electrons. The van der Waals surface area contributed by atoms with Crippen molar-refractivity contribution in [2.75, 3.05) is 12.3 Å². The summed E-state index contributed by atoms with van der Waals surface area (Å²) in [6, 6.07) is 6.99. The number of para-hydroxylation sites is 1. The number of rotatable bonds is 10. The van der Waals surface area contributed by atoms with E-state index in [9.17, 15) is 14.5 Å². The Kier molecular flexibility index (Phi) is 8.72. The van der Waals surface area contributed by atoms with E-state index in [0.717, 1.165) is 0 Å². The lowest BCUT2D eigenvalue weighted by Crippen LogP contribution is -2.42. The van der Waals surface area contributed by atoms with Gasteiger partial charge < -0.3 is 24.8 Å². The Morgan fingerprint density at radius 2 is 2.05 bits per heavy atom. The van der Waals surface area contributed by atoms with Crippen LogP contribution in [-0.2, 0) is 23.4 Å². The van der Waals surface area contributed by atoms with Crippen molar-refractivity contribution in [1.29, 1.82) is 0 Å². The van der Waals surface area contributed by atoms with Gasteiger partial charge in [-0.2, -0.15) is 10.1 Å². The first-order valence-corrected chi connectivity index (χ1v) is 13.9. The Bertz CT molecular complexity index is 1460. The van der Waals surface area contributed by atoms with Gasteiger partial charge in [-0.15, -0.1) is 5.92 Å². The number of carbonyl (C=O) groups excluding carboxylic acids is 1. The third kappa shape index (κ3) is 6.24. The molecule has 2 aromatic heterocycles. The highest BCUT2D eigenvalue weighted by Gasteiger charge is 2.58. The third-order valence-electron chi connectivity index (χ3n) is 5.78. The number of fused-ring (bicyclic) bond motifs is 1. The zero-order chi connectivity index (χ0) is 29.1. The van der Waals surface area contributed by atoms with Crippen molar-refractivity contribution in [1.82, 2.24) is 24.6 Å². The van der Waals surface area contributed by atoms with Gasteiger partial charge in [-0.3, -0.25) is 13.9 Å². The summed E-state index contributed by atoms with van der Waals surface area (Å²) >= 11 is 0. The fourth-order valence-electron chi connectivity index (χ4n) is 4.00. The Labute approximate surface area is 229 Å². The van der Waals surface area contributed by atoms with Crippen LogP contribution in [-0.4, -0.2) is 67.2 Å². The molecule has 4 N–H and O–H groups in total. The van der Waals surface area contributed by atoms with E-state index in [0.29, 0.717) is 5.52 Å². The van der Waals surface area contributed by atoms with E-state index in [1.165, 1.54) is 43.1 Å². The molecule has 6 atom stereocenters. The molecule has 3 heterocycles. The molecule has 0 aliphatic carbocycles. The SMILES string of the molecule is CC#C[C@@]1(F)[C@@H](O)[C@@H](COP(=O)(NC(C)C(=O)OC(C)C)Oc2ccccc2)O[C@H]1n1cnc2cnc(N)nc21. The molecule has 1 aliphatic rings. The fraction of sp³-hybridized carbons (Fsp3) is 0.440. The smallest absolute Gasteiger partial charge is 0.459 e. The molecule has 3 aromatic rings. The number of hydrogen-bond acceptors (Lipinski definition) is 11. The fourth-order valence-corrected chi connectivity index (χ4v) is 5.50. The monoisotopic (exact) mass is 576 g/mol. The van der Waals surface area contributed by atoms with Gasteiger partial charge in [-0.1, -0.05) is 24.1 Å². The summed E-state index contributed by atoms with van der Waals surface area (Å²) in [6.45, 7) is 5.56. The maximum absolute atomic E-state index is 16.3. The second-order valence-corrected chi connectivity index (χ2v) is 10.9. The van der Waals surface area contributed by atoms with Crippen LogP contribution in [0.1, 0.15) is 33.9 Å². The minimum atomic E-state index is -4.31. The largest absolute Gasteiger partial charge is 0.462 e. The quantitative estimate of drug-likeness (QED) is 0.183. The number of aliphatic hydroxyl groups excluding tert-OH is 1. The highest BCUT2D eigenvalue weighted by atomic mass is 31.2. The molecule has 15 heteroatoms. The Balaban J connectivity index is 1.59. The molecule has 0 amide bonds. The predicted molar refractivity (Wildman–Crippen MR) is 141 cm³/mol. The molecule has 1 saturated heterocycles. The number of halogens is 1. The standard InChI is InChI=1S/C25H30FN6O7P/c1-5-11-25(26)20(33)19(38-23(25)32-14-29-18-12-28-24(27)30-21(18)32)13-36-40(35,39-17-9-7-6-8-10-17)31-16(4)22(34)37-15(2)3/h6-10,12,14-16,19-20,23,33H,13H2,1-4H3,(H,31,35)(H2,27,28,30)/t16?,19-,20+,23-,25-,40?/m1/s1. The van der Waals surface area contributed by atoms with Gasteiger partial charge in [0.1, 0.15) is 29.5 Å². The summed E-state index contributed by atoms with van der Waals surface area (Å²) < 4.78 is 53.6. The maximum atomic E-state index is 16.3. The summed E-state index contributed by atoms with van der Waals surface area (Å²) in [6.07, 6.45) is -2.54. The van der Waals surface area contributed by atoms with Crippen molar-refractivity contribution in [2.24, 2.45) is 0 Å². The van der Waals surface area contributed by atoms with Gasteiger partial charge in [0.05, 0.1) is 25.2 Å². The minimum Gasteiger partial charge on any atom is -0.462 e. The molecule has 1 fully saturated rings. The van der Waals surface area contributed by atoms with Crippen molar-refractivity contribution in [3.05, 3.63) is 42.9 Å². The summed E-state index contributed by atoms with van der Waals surface area (Å²) in [4.78, 5) is 24.5. The lowest BCUT2D eigenvalue weighted by molar-refractivity contribution is -0.149. The van der Waals surface area contributed by atoms with Gasteiger partial charge >= 0.3 is 13.7 Å². The van der Waals surface area contributed by atoms with Crippen LogP contribution in [0.2, 0.25) is 0 Å². The van der Waals surface area contributed by atoms with Gasteiger partial charge in [0.25, 0.3) is 0 Å². The number of aromatic nitrogens is 4. The van der Waals surface area contributed by atoms with Crippen LogP contribution in [0.15, 0.2) is 42.9 Å². The molecule has 0 saturated carbocycles. The Hall–Kier alpha value is -3.60. The van der Waals surface area contributed by atoms with E-state index in [1.807, 2.05) is 0 Å². The molecular weight excluding hydrogens is 546 g/mol. The Morgan fingerprint density at radius 3 is 2.73 bits per heavy atom. The lowest BCUT2D eigenvalue weighted by atomic mass is 9.96. The number of hydrogen-bond donors (Lipinski definition) is 3. The number of ether oxygens (including phenoxy) is 2. The molecule has 13 nitrogen and oxygen atoms in total. The van der Waals surface area contributed by atoms with Gasteiger partial charge in [0.2, 0.25) is 11.6 Å². The van der Waals surface area contributed by atoms with Crippen molar-refractivity contribution in [3.63, 3.8) is 0 Å². The molecule has 1 aliphatic heterocycles. The van der Waals surface area contributed by atoms with Crippen molar-refractivity contribution < 1.29 is 37.4 Å². The second-order valence-electron chi connectivity index (χ2n) is 9.24. The number of nitrogens with two attached hydrogens (primary N) is 1. The number of nitrogen functional groups attached to an aromatic ring is 1. The summed E-state index contributed by atoms with van der Waals surface area (Å²) in [5, 5.41) is 13.5. The molecule has 214 valence electrons. The van der Waals surface area contributed by atoms with E-state index in [-0.39, 0.29) is 17.3 Å². The van der Waals surface area contributed by atoms with Crippen LogP contribution in [0.3, 0.4) is 0 Å². The average Bonchev–Trinajstić information content (AvgIpc) is 3.41. The zero-order valence-electron chi connectivity index (χ0n) is 22.2. The maximum Gasteiger partial charge on any atom is 0.459 e. The number of aliphatic hydroxyl groups is 1. The minimum absolute atomic E-state index is 0.0751. The molecule has 40 heavy (non-hydrogen) atoms. The molecule has 0 spiro atoms. The van der Waals surface area contributed by atoms with Gasteiger partial charge in [-0.05, 0) is 39.8 Å².